The summed E-state index contributed by atoms with van der Waals surface area (Å²) in [5, 5.41) is 2.83. The highest BCUT2D eigenvalue weighted by molar-refractivity contribution is 7.07. The van der Waals surface area contributed by atoms with E-state index in [0.717, 1.165) is 11.3 Å². The van der Waals surface area contributed by atoms with Gasteiger partial charge in [0.1, 0.15) is 17.9 Å². The van der Waals surface area contributed by atoms with E-state index in [1.54, 1.807) is 25.9 Å². The average Bonchev–Trinajstić information content (AvgIpc) is 3.32. The summed E-state index contributed by atoms with van der Waals surface area (Å²) in [5.41, 5.74) is 2.36. The minimum atomic E-state index is -0.274. The maximum Gasteiger partial charge on any atom is 0.272 e. The van der Waals surface area contributed by atoms with Crippen LogP contribution in [-0.2, 0) is 11.5 Å². The molecule has 0 atom stereocenters. The largest absolute Gasteiger partial charge is 0.493 e. The zero-order chi connectivity index (χ0) is 22.4. The number of thiazole rings is 1. The van der Waals surface area contributed by atoms with E-state index in [0.29, 0.717) is 44.5 Å². The Labute approximate surface area is 186 Å². The third-order valence-electron chi connectivity index (χ3n) is 5.47. The van der Waals surface area contributed by atoms with Crippen LogP contribution < -0.4 is 39.3 Å². The maximum atomic E-state index is 13.3. The Balaban J connectivity index is 1.60. The lowest BCUT2D eigenvalue weighted by Gasteiger charge is -2.27. The van der Waals surface area contributed by atoms with Crippen LogP contribution in [0.25, 0.3) is 5.57 Å². The van der Waals surface area contributed by atoms with Crippen molar-refractivity contribution in [1.82, 2.24) is 4.57 Å². The number of nitrogens with one attached hydrogen (secondary N) is 1. The van der Waals surface area contributed by atoms with Crippen molar-refractivity contribution in [3.63, 3.8) is 0 Å². The molecule has 0 fully saturated rings. The quantitative estimate of drug-likeness (QED) is 0.638. The van der Waals surface area contributed by atoms with Crippen LogP contribution in [-0.4, -0.2) is 38.5 Å². The van der Waals surface area contributed by atoms with E-state index in [4.69, 9.17) is 14.2 Å². The van der Waals surface area contributed by atoms with Crippen molar-refractivity contribution in [2.24, 2.45) is 4.99 Å². The van der Waals surface area contributed by atoms with Crippen molar-refractivity contribution in [1.29, 1.82) is 0 Å². The molecule has 164 valence electrons. The number of aromatic nitrogens is 1. The molecule has 0 bridgehead atoms. The Morgan fingerprint density at radius 2 is 1.75 bits per heavy atom. The van der Waals surface area contributed by atoms with Gasteiger partial charge in [-0.15, -0.1) is 0 Å². The SMILES string of the molecule is COc1cc(N2CN=c3s/c(=C4\C(=O)Nc5ccccc54)c(=O)n3C2)cc(OC)c1OC. The molecule has 0 unspecified atom stereocenters. The van der Waals surface area contributed by atoms with Gasteiger partial charge in [0.15, 0.2) is 16.3 Å². The topological polar surface area (TPSA) is 94.4 Å². The van der Waals surface area contributed by atoms with E-state index in [1.165, 1.54) is 11.3 Å². The van der Waals surface area contributed by atoms with Gasteiger partial charge in [-0.25, -0.2) is 4.99 Å². The second-order valence-corrected chi connectivity index (χ2v) is 8.16. The highest BCUT2D eigenvalue weighted by Gasteiger charge is 2.28. The van der Waals surface area contributed by atoms with Crippen LogP contribution in [0.4, 0.5) is 11.4 Å². The number of ether oxygens (including phenoxy) is 3. The first kappa shape index (κ1) is 20.1. The summed E-state index contributed by atoms with van der Waals surface area (Å²) < 4.78 is 18.2. The third kappa shape index (κ3) is 3.02. The standard InChI is InChI=1S/C22H20N4O5S/c1-29-15-8-12(9-16(30-2)18(15)31-3)25-10-23-22-26(11-25)21(28)19(32-22)17-13-6-4-5-7-14(13)24-20(17)27/h4-9H,10-11H2,1-3H3,(H,24,27)/b19-17-. The zero-order valence-corrected chi connectivity index (χ0v) is 18.5. The summed E-state index contributed by atoms with van der Waals surface area (Å²) in [4.78, 5) is 33.0. The molecule has 2 aliphatic heterocycles. The van der Waals surface area contributed by atoms with Gasteiger partial charge in [-0.2, -0.15) is 0 Å². The Hall–Kier alpha value is -3.79. The Morgan fingerprint density at radius 1 is 1.03 bits per heavy atom. The normalized spacial score (nSPS) is 16.1. The summed E-state index contributed by atoms with van der Waals surface area (Å²) in [7, 11) is 4.65. The van der Waals surface area contributed by atoms with Gasteiger partial charge in [-0.1, -0.05) is 29.5 Å². The van der Waals surface area contributed by atoms with Gasteiger partial charge in [0.05, 0.1) is 26.9 Å². The molecule has 1 amide bonds. The van der Waals surface area contributed by atoms with Crippen LogP contribution in [0.15, 0.2) is 46.2 Å². The number of carbonyl (C=O) groups is 1. The molecular formula is C22H20N4O5S. The molecule has 2 aliphatic rings. The Morgan fingerprint density at radius 3 is 2.44 bits per heavy atom. The number of rotatable bonds is 4. The number of amides is 1. The van der Waals surface area contributed by atoms with E-state index in [-0.39, 0.29) is 18.1 Å². The van der Waals surface area contributed by atoms with Gasteiger partial charge in [-0.3, -0.25) is 14.2 Å². The molecule has 3 heterocycles. The molecule has 0 saturated heterocycles. The van der Waals surface area contributed by atoms with Gasteiger partial charge < -0.3 is 24.4 Å². The second-order valence-electron chi connectivity index (χ2n) is 7.19. The van der Waals surface area contributed by atoms with Crippen LogP contribution in [0.5, 0.6) is 17.2 Å². The highest BCUT2D eigenvalue weighted by Crippen LogP contribution is 2.41. The maximum absolute atomic E-state index is 13.3. The lowest BCUT2D eigenvalue weighted by Crippen LogP contribution is -2.43. The van der Waals surface area contributed by atoms with Gasteiger partial charge in [0.25, 0.3) is 11.5 Å². The Kier molecular flexibility index (Phi) is 4.86. The van der Waals surface area contributed by atoms with Crippen molar-refractivity contribution in [3.8, 4) is 17.2 Å². The molecule has 1 N–H and O–H groups in total. The smallest absolute Gasteiger partial charge is 0.272 e. The van der Waals surface area contributed by atoms with Crippen molar-refractivity contribution in [2.45, 2.75) is 6.67 Å². The molecule has 1 aromatic heterocycles. The number of fused-ring (bicyclic) bond motifs is 2. The highest BCUT2D eigenvalue weighted by atomic mass is 32.1. The van der Waals surface area contributed by atoms with Crippen molar-refractivity contribution in [2.75, 3.05) is 38.2 Å². The third-order valence-corrected chi connectivity index (χ3v) is 6.58. The van der Waals surface area contributed by atoms with E-state index in [9.17, 15) is 9.59 Å². The van der Waals surface area contributed by atoms with Crippen LogP contribution in [0, 0.1) is 0 Å². The molecule has 0 radical (unpaired) electrons. The fourth-order valence-electron chi connectivity index (χ4n) is 3.92. The lowest BCUT2D eigenvalue weighted by molar-refractivity contribution is -0.110. The van der Waals surface area contributed by atoms with E-state index in [2.05, 4.69) is 10.3 Å². The van der Waals surface area contributed by atoms with Crippen molar-refractivity contribution in [3.05, 3.63) is 61.6 Å². The molecular weight excluding hydrogens is 432 g/mol. The summed E-state index contributed by atoms with van der Waals surface area (Å²) in [6.45, 7) is 0.625. The monoisotopic (exact) mass is 452 g/mol. The van der Waals surface area contributed by atoms with Crippen molar-refractivity contribution < 1.29 is 19.0 Å². The van der Waals surface area contributed by atoms with Crippen molar-refractivity contribution >= 4 is 34.2 Å². The van der Waals surface area contributed by atoms with E-state index in [1.807, 2.05) is 41.3 Å². The number of nitrogens with zero attached hydrogens (tertiary/aromatic N) is 3. The molecule has 0 aliphatic carbocycles. The number of hydrogen-bond donors (Lipinski definition) is 1. The van der Waals surface area contributed by atoms with Gasteiger partial charge >= 0.3 is 0 Å². The molecule has 3 aromatic rings. The van der Waals surface area contributed by atoms with Crippen LogP contribution >= 0.6 is 11.3 Å². The second kappa shape index (κ2) is 7.72. The molecule has 5 rings (SSSR count). The molecule has 9 nitrogen and oxygen atoms in total. The number of para-hydroxylation sites is 1. The van der Waals surface area contributed by atoms with Crippen LogP contribution in [0.1, 0.15) is 5.56 Å². The predicted molar refractivity (Wildman–Crippen MR) is 120 cm³/mol. The average molecular weight is 452 g/mol. The summed E-state index contributed by atoms with van der Waals surface area (Å²) >= 11 is 1.24. The number of benzene rings is 2. The minimum absolute atomic E-state index is 0.243. The van der Waals surface area contributed by atoms with E-state index < -0.39 is 0 Å². The first-order chi connectivity index (χ1) is 15.5. The molecule has 32 heavy (non-hydrogen) atoms. The Bertz CT molecular complexity index is 1400. The fourth-order valence-corrected chi connectivity index (χ4v) is 4.97. The van der Waals surface area contributed by atoms with Crippen LogP contribution in [0.2, 0.25) is 0 Å². The molecule has 2 aromatic carbocycles. The summed E-state index contributed by atoms with van der Waals surface area (Å²) in [6.07, 6.45) is 0. The van der Waals surface area contributed by atoms with Gasteiger partial charge in [-0.05, 0) is 6.07 Å². The number of hydrogen-bond acceptors (Lipinski definition) is 8. The summed E-state index contributed by atoms with van der Waals surface area (Å²) in [5.74, 6) is 1.25. The number of anilines is 2. The van der Waals surface area contributed by atoms with Gasteiger partial charge in [0.2, 0.25) is 5.75 Å². The van der Waals surface area contributed by atoms with Crippen LogP contribution in [0.3, 0.4) is 0 Å². The van der Waals surface area contributed by atoms with E-state index >= 15 is 0 Å². The lowest BCUT2D eigenvalue weighted by atomic mass is 10.1. The fraction of sp³-hybridized carbons (Fsp3) is 0.227. The number of carbonyl (C=O) groups excluding carboxylic acids is 1. The zero-order valence-electron chi connectivity index (χ0n) is 17.7. The van der Waals surface area contributed by atoms with Gasteiger partial charge in [0, 0.05) is 29.1 Å². The first-order valence-corrected chi connectivity index (χ1v) is 10.6. The molecule has 0 spiro atoms. The predicted octanol–water partition coefficient (Wildman–Crippen LogP) is 1.14. The summed E-state index contributed by atoms with van der Waals surface area (Å²) in [6, 6.07) is 11.0. The minimum Gasteiger partial charge on any atom is -0.493 e. The number of methoxy groups -OCH3 is 3. The first-order valence-electron chi connectivity index (χ1n) is 9.80. The molecule has 0 saturated carbocycles. The molecule has 10 heteroatoms.